The van der Waals surface area contributed by atoms with Gasteiger partial charge >= 0.3 is 0 Å². The van der Waals surface area contributed by atoms with Gasteiger partial charge in [-0.05, 0) is 43.9 Å². The van der Waals surface area contributed by atoms with Gasteiger partial charge in [0.2, 0.25) is 0 Å². The number of fused-ring (bicyclic) bond motifs is 1. The topological polar surface area (TPSA) is 58.5 Å². The van der Waals surface area contributed by atoms with Crippen LogP contribution in [0.5, 0.6) is 5.75 Å². The van der Waals surface area contributed by atoms with E-state index in [9.17, 15) is 5.11 Å². The van der Waals surface area contributed by atoms with Crippen LogP contribution in [-0.4, -0.2) is 34.8 Å². The number of aliphatic hydroxyl groups excluding tert-OH is 1. The summed E-state index contributed by atoms with van der Waals surface area (Å²) in [7, 11) is 0. The Kier molecular flexibility index (Phi) is 5.21. The largest absolute Gasteiger partial charge is 0.493 e. The number of hydrogen-bond acceptors (Lipinski definition) is 5. The molecule has 0 bridgehead atoms. The third-order valence-electron chi connectivity index (χ3n) is 5.36. The number of hydrogen-bond donors (Lipinski definition) is 1. The van der Waals surface area contributed by atoms with E-state index in [0.717, 1.165) is 53.8 Å². The molecule has 5 heteroatoms. The molecule has 1 aromatic carbocycles. The summed E-state index contributed by atoms with van der Waals surface area (Å²) in [4.78, 5) is 11.1. The van der Waals surface area contributed by atoms with Crippen molar-refractivity contribution in [1.29, 1.82) is 0 Å². The third kappa shape index (κ3) is 3.74. The van der Waals surface area contributed by atoms with Gasteiger partial charge < -0.3 is 14.7 Å². The van der Waals surface area contributed by atoms with Gasteiger partial charge in [-0.1, -0.05) is 18.2 Å². The molecule has 27 heavy (non-hydrogen) atoms. The first-order valence-corrected chi connectivity index (χ1v) is 9.60. The maximum absolute atomic E-state index is 10.9. The van der Waals surface area contributed by atoms with Crippen LogP contribution >= 0.6 is 0 Å². The molecule has 1 aliphatic rings. The molecule has 1 aliphatic heterocycles. The summed E-state index contributed by atoms with van der Waals surface area (Å²) in [5.74, 6) is 0.944. The molecule has 0 radical (unpaired) electrons. The quantitative estimate of drug-likeness (QED) is 0.743. The summed E-state index contributed by atoms with van der Waals surface area (Å²) in [5, 5.41) is 12.1. The lowest BCUT2D eigenvalue weighted by Gasteiger charge is -2.35. The highest BCUT2D eigenvalue weighted by Crippen LogP contribution is 2.36. The van der Waals surface area contributed by atoms with Gasteiger partial charge in [0.15, 0.2) is 0 Å². The average Bonchev–Trinajstić information content (AvgIpc) is 2.74. The molecule has 1 atom stereocenters. The fraction of sp³-hybridized carbons (Fsp3) is 0.364. The van der Waals surface area contributed by atoms with Crippen molar-refractivity contribution in [3.8, 4) is 5.75 Å². The molecule has 140 valence electrons. The second kappa shape index (κ2) is 7.92. The van der Waals surface area contributed by atoms with Crippen molar-refractivity contribution >= 4 is 16.6 Å². The summed E-state index contributed by atoms with van der Waals surface area (Å²) in [6, 6.07) is 12.2. The van der Waals surface area contributed by atoms with Crippen molar-refractivity contribution in [2.75, 3.05) is 24.6 Å². The van der Waals surface area contributed by atoms with Crippen LogP contribution in [0.25, 0.3) is 10.9 Å². The number of aliphatic hydroxyl groups is 1. The molecular weight excluding hydrogens is 338 g/mol. The van der Waals surface area contributed by atoms with Gasteiger partial charge in [0.05, 0.1) is 30.1 Å². The Morgan fingerprint density at radius 1 is 1.19 bits per heavy atom. The number of anilines is 1. The lowest BCUT2D eigenvalue weighted by atomic mass is 9.87. The molecule has 1 saturated heterocycles. The Morgan fingerprint density at radius 3 is 2.81 bits per heavy atom. The fourth-order valence-corrected chi connectivity index (χ4v) is 3.86. The minimum atomic E-state index is -0.544. The smallest absolute Gasteiger partial charge is 0.128 e. The number of benzene rings is 1. The van der Waals surface area contributed by atoms with E-state index >= 15 is 0 Å². The minimum Gasteiger partial charge on any atom is -0.493 e. The number of aromatic nitrogens is 2. The van der Waals surface area contributed by atoms with Crippen LogP contribution in [-0.2, 0) is 0 Å². The molecule has 0 amide bonds. The highest BCUT2D eigenvalue weighted by molar-refractivity contribution is 5.81. The first kappa shape index (κ1) is 17.7. The summed E-state index contributed by atoms with van der Waals surface area (Å²) >= 11 is 0. The lowest BCUT2D eigenvalue weighted by Crippen LogP contribution is -2.35. The molecule has 1 unspecified atom stereocenters. The summed E-state index contributed by atoms with van der Waals surface area (Å²) in [6.45, 7) is 4.35. The summed E-state index contributed by atoms with van der Waals surface area (Å²) in [5.41, 5.74) is 2.97. The standard InChI is InChI=1S/C22H25N3O2/c1-2-27-21-7-10-23-15-19(21)22(26)16-8-11-25(12-9-16)18-13-17-5-3-4-6-20(17)24-14-18/h3-7,10,13-16,22,26H,2,8-9,11-12H2,1H3. The Morgan fingerprint density at radius 2 is 2.00 bits per heavy atom. The molecule has 3 heterocycles. The van der Waals surface area contributed by atoms with E-state index in [1.54, 1.807) is 12.4 Å². The first-order chi connectivity index (χ1) is 13.3. The van der Waals surface area contributed by atoms with Crippen molar-refractivity contribution in [3.05, 3.63) is 60.6 Å². The van der Waals surface area contributed by atoms with Gasteiger partial charge in [-0.3, -0.25) is 9.97 Å². The van der Waals surface area contributed by atoms with Crippen molar-refractivity contribution in [3.63, 3.8) is 0 Å². The number of nitrogens with zero attached hydrogens (tertiary/aromatic N) is 3. The molecule has 0 spiro atoms. The molecular formula is C22H25N3O2. The molecule has 5 nitrogen and oxygen atoms in total. The first-order valence-electron chi connectivity index (χ1n) is 9.60. The molecule has 2 aromatic heterocycles. The highest BCUT2D eigenvalue weighted by atomic mass is 16.5. The number of piperidine rings is 1. The van der Waals surface area contributed by atoms with E-state index in [0.29, 0.717) is 6.61 Å². The van der Waals surface area contributed by atoms with E-state index in [-0.39, 0.29) is 5.92 Å². The van der Waals surface area contributed by atoms with Crippen LogP contribution in [0.1, 0.15) is 31.4 Å². The molecule has 0 saturated carbocycles. The number of rotatable bonds is 5. The van der Waals surface area contributed by atoms with Gasteiger partial charge in [0, 0.05) is 36.4 Å². The minimum absolute atomic E-state index is 0.207. The van der Waals surface area contributed by atoms with Crippen molar-refractivity contribution in [2.24, 2.45) is 5.92 Å². The van der Waals surface area contributed by atoms with E-state index in [2.05, 4.69) is 27.0 Å². The van der Waals surface area contributed by atoms with E-state index < -0.39 is 6.10 Å². The van der Waals surface area contributed by atoms with Gasteiger partial charge in [0.1, 0.15) is 5.75 Å². The van der Waals surface area contributed by atoms with Crippen LogP contribution in [0.2, 0.25) is 0 Å². The molecule has 1 fully saturated rings. The molecule has 1 N–H and O–H groups in total. The Hall–Kier alpha value is -2.66. The SMILES string of the molecule is CCOc1ccncc1C(O)C1CCN(c2cnc3ccccc3c2)CC1. The van der Waals surface area contributed by atoms with Crippen molar-refractivity contribution in [2.45, 2.75) is 25.9 Å². The third-order valence-corrected chi connectivity index (χ3v) is 5.36. The van der Waals surface area contributed by atoms with Crippen LogP contribution in [0.15, 0.2) is 55.0 Å². The second-order valence-electron chi connectivity index (χ2n) is 7.00. The summed E-state index contributed by atoms with van der Waals surface area (Å²) < 4.78 is 5.66. The van der Waals surface area contributed by atoms with Gasteiger partial charge in [-0.25, -0.2) is 0 Å². The zero-order chi connectivity index (χ0) is 18.6. The number of ether oxygens (including phenoxy) is 1. The normalized spacial score (nSPS) is 16.4. The number of pyridine rings is 2. The van der Waals surface area contributed by atoms with Crippen LogP contribution in [0, 0.1) is 5.92 Å². The Bertz CT molecular complexity index is 907. The van der Waals surface area contributed by atoms with Crippen molar-refractivity contribution in [1.82, 2.24) is 9.97 Å². The number of para-hydroxylation sites is 1. The van der Waals surface area contributed by atoms with Crippen LogP contribution in [0.4, 0.5) is 5.69 Å². The second-order valence-corrected chi connectivity index (χ2v) is 7.00. The monoisotopic (exact) mass is 363 g/mol. The average molecular weight is 363 g/mol. The van der Waals surface area contributed by atoms with Crippen molar-refractivity contribution < 1.29 is 9.84 Å². The van der Waals surface area contributed by atoms with Crippen LogP contribution in [0.3, 0.4) is 0 Å². The Balaban J connectivity index is 1.45. The zero-order valence-corrected chi connectivity index (χ0v) is 15.6. The van der Waals surface area contributed by atoms with Gasteiger partial charge in [-0.15, -0.1) is 0 Å². The predicted molar refractivity (Wildman–Crippen MR) is 107 cm³/mol. The van der Waals surface area contributed by atoms with E-state index in [1.165, 1.54) is 0 Å². The predicted octanol–water partition coefficient (Wildman–Crippen LogP) is 3.98. The van der Waals surface area contributed by atoms with Crippen LogP contribution < -0.4 is 9.64 Å². The molecule has 4 rings (SSSR count). The Labute approximate surface area is 159 Å². The fourth-order valence-electron chi connectivity index (χ4n) is 3.86. The maximum atomic E-state index is 10.9. The highest BCUT2D eigenvalue weighted by Gasteiger charge is 2.28. The van der Waals surface area contributed by atoms with Gasteiger partial charge in [-0.2, -0.15) is 0 Å². The zero-order valence-electron chi connectivity index (χ0n) is 15.6. The van der Waals surface area contributed by atoms with E-state index in [4.69, 9.17) is 4.74 Å². The van der Waals surface area contributed by atoms with Gasteiger partial charge in [0.25, 0.3) is 0 Å². The lowest BCUT2D eigenvalue weighted by molar-refractivity contribution is 0.0894. The summed E-state index contributed by atoms with van der Waals surface area (Å²) in [6.07, 6.45) is 6.69. The van der Waals surface area contributed by atoms with E-state index in [1.807, 2.05) is 37.4 Å². The molecule has 3 aromatic rings. The molecule has 0 aliphatic carbocycles. The maximum Gasteiger partial charge on any atom is 0.128 e.